The van der Waals surface area contributed by atoms with Gasteiger partial charge in [-0.25, -0.2) is 0 Å². The van der Waals surface area contributed by atoms with Crippen LogP contribution >= 0.6 is 0 Å². The Hall–Kier alpha value is -1.94. The fraction of sp³-hybridized carbons (Fsp3) is 0.444. The number of carbonyl (C=O) groups is 2. The Balaban J connectivity index is 2.05. The van der Waals surface area contributed by atoms with Crippen molar-refractivity contribution in [3.8, 4) is 0 Å². The average Bonchev–Trinajstić information content (AvgIpc) is 2.88. The molecule has 4 heteroatoms. The lowest BCUT2D eigenvalue weighted by Gasteiger charge is -2.45. The van der Waals surface area contributed by atoms with E-state index in [1.165, 1.54) is 0 Å². The van der Waals surface area contributed by atoms with E-state index >= 15 is 0 Å². The molecule has 3 rings (SSSR count). The molecule has 2 atom stereocenters. The van der Waals surface area contributed by atoms with Gasteiger partial charge in [0.25, 0.3) is 0 Å². The van der Waals surface area contributed by atoms with Crippen molar-refractivity contribution in [2.24, 2.45) is 0 Å². The quantitative estimate of drug-likeness (QED) is 0.869. The Kier molecular flexibility index (Phi) is 4.12. The number of benzene rings is 1. The summed E-state index contributed by atoms with van der Waals surface area (Å²) < 4.78 is 0. The van der Waals surface area contributed by atoms with Crippen LogP contribution in [0.3, 0.4) is 0 Å². The fourth-order valence-electron chi connectivity index (χ4n) is 3.95. The van der Waals surface area contributed by atoms with Crippen LogP contribution in [0.2, 0.25) is 0 Å². The molecule has 4 nitrogen and oxygen atoms in total. The second-order valence-electron chi connectivity index (χ2n) is 6.07. The Morgan fingerprint density at radius 3 is 2.73 bits per heavy atom. The lowest BCUT2D eigenvalue weighted by Crippen LogP contribution is -2.51. The number of likely N-dealkylation sites (tertiary alicyclic amines) is 1. The molecule has 0 aromatic heterocycles. The summed E-state index contributed by atoms with van der Waals surface area (Å²) in [5.74, 6) is 0.0255. The second kappa shape index (κ2) is 6.05. The smallest absolute Gasteiger partial charge is 0.223 e. The molecule has 116 valence electrons. The van der Waals surface area contributed by atoms with Gasteiger partial charge in [0.1, 0.15) is 6.29 Å². The summed E-state index contributed by atoms with van der Waals surface area (Å²) in [5, 5.41) is 9.93. The van der Waals surface area contributed by atoms with Crippen molar-refractivity contribution in [3.05, 3.63) is 47.5 Å². The van der Waals surface area contributed by atoms with Gasteiger partial charge in [-0.05, 0) is 31.2 Å². The molecule has 1 aromatic rings. The van der Waals surface area contributed by atoms with E-state index in [9.17, 15) is 14.7 Å². The number of rotatable bonds is 4. The summed E-state index contributed by atoms with van der Waals surface area (Å²) >= 11 is 0. The van der Waals surface area contributed by atoms with Crippen LogP contribution in [-0.4, -0.2) is 34.3 Å². The van der Waals surface area contributed by atoms with E-state index in [2.05, 4.69) is 0 Å². The van der Waals surface area contributed by atoms with E-state index in [-0.39, 0.29) is 12.5 Å². The first-order chi connectivity index (χ1) is 10.7. The van der Waals surface area contributed by atoms with Gasteiger partial charge in [-0.3, -0.25) is 9.59 Å². The zero-order valence-electron chi connectivity index (χ0n) is 12.6. The minimum Gasteiger partial charge on any atom is -0.394 e. The van der Waals surface area contributed by atoms with Gasteiger partial charge in [0.05, 0.1) is 18.2 Å². The molecule has 22 heavy (non-hydrogen) atoms. The molecule has 0 saturated carbocycles. The molecule has 1 saturated heterocycles. The molecule has 1 aliphatic heterocycles. The van der Waals surface area contributed by atoms with Crippen molar-refractivity contribution in [3.63, 3.8) is 0 Å². The molecule has 0 unspecified atom stereocenters. The van der Waals surface area contributed by atoms with Gasteiger partial charge >= 0.3 is 0 Å². The summed E-state index contributed by atoms with van der Waals surface area (Å²) in [6, 6.07) is 9.18. The van der Waals surface area contributed by atoms with Gasteiger partial charge in [0.2, 0.25) is 5.91 Å². The molecule has 2 aliphatic rings. The molecule has 0 bridgehead atoms. The highest BCUT2D eigenvalue weighted by molar-refractivity contribution is 5.86. The number of nitrogens with zero attached hydrogens (tertiary/aromatic N) is 1. The highest BCUT2D eigenvalue weighted by Crippen LogP contribution is 2.46. The SMILES string of the molecule is O=CC1=CCCC[C@@]12CCC(=O)N2[C@@H](CO)c1ccccc1. The molecule has 1 aliphatic carbocycles. The Morgan fingerprint density at radius 2 is 2.05 bits per heavy atom. The second-order valence-corrected chi connectivity index (χ2v) is 6.07. The first-order valence-electron chi connectivity index (χ1n) is 7.87. The monoisotopic (exact) mass is 299 g/mol. The summed E-state index contributed by atoms with van der Waals surface area (Å²) in [6.07, 6.45) is 6.60. The Labute approximate surface area is 130 Å². The van der Waals surface area contributed by atoms with E-state index in [1.807, 2.05) is 36.4 Å². The summed E-state index contributed by atoms with van der Waals surface area (Å²) in [4.78, 5) is 25.9. The molecular formula is C18H21NO3. The number of aliphatic hydroxyl groups is 1. The number of hydrogen-bond acceptors (Lipinski definition) is 3. The molecule has 0 radical (unpaired) electrons. The third-order valence-electron chi connectivity index (χ3n) is 4.97. The molecular weight excluding hydrogens is 278 g/mol. The number of aldehydes is 1. The highest BCUT2D eigenvalue weighted by Gasteiger charge is 2.51. The minimum absolute atomic E-state index is 0.0255. The lowest BCUT2D eigenvalue weighted by atomic mass is 9.77. The van der Waals surface area contributed by atoms with Crippen LogP contribution in [0.15, 0.2) is 42.0 Å². The Bertz CT molecular complexity index is 596. The van der Waals surface area contributed by atoms with E-state index in [1.54, 1.807) is 4.90 Å². The van der Waals surface area contributed by atoms with Crippen LogP contribution in [0.4, 0.5) is 0 Å². The van der Waals surface area contributed by atoms with E-state index in [0.717, 1.165) is 31.1 Å². The first kappa shape index (κ1) is 15.0. The zero-order valence-corrected chi connectivity index (χ0v) is 12.6. The van der Waals surface area contributed by atoms with Crippen LogP contribution < -0.4 is 0 Å². The van der Waals surface area contributed by atoms with Gasteiger partial charge < -0.3 is 10.0 Å². The highest BCUT2D eigenvalue weighted by atomic mass is 16.3. The van der Waals surface area contributed by atoms with Crippen molar-refractivity contribution in [1.82, 2.24) is 4.90 Å². The average molecular weight is 299 g/mol. The number of allylic oxidation sites excluding steroid dienone is 1. The molecule has 1 fully saturated rings. The van der Waals surface area contributed by atoms with Gasteiger partial charge in [0, 0.05) is 12.0 Å². The third kappa shape index (κ3) is 2.28. The third-order valence-corrected chi connectivity index (χ3v) is 4.97. The predicted octanol–water partition coefficient (Wildman–Crippen LogP) is 2.39. The molecule has 1 heterocycles. The van der Waals surface area contributed by atoms with Crippen LogP contribution in [0.5, 0.6) is 0 Å². The van der Waals surface area contributed by atoms with E-state index < -0.39 is 11.6 Å². The topological polar surface area (TPSA) is 57.6 Å². The van der Waals surface area contributed by atoms with Gasteiger partial charge in [-0.1, -0.05) is 36.4 Å². The van der Waals surface area contributed by atoms with Crippen molar-refractivity contribution in [2.75, 3.05) is 6.61 Å². The van der Waals surface area contributed by atoms with Crippen molar-refractivity contribution >= 4 is 12.2 Å². The van der Waals surface area contributed by atoms with Crippen LogP contribution in [0.1, 0.15) is 43.7 Å². The maximum Gasteiger partial charge on any atom is 0.223 e. The maximum atomic E-state index is 12.6. The first-order valence-corrected chi connectivity index (χ1v) is 7.87. The molecule has 1 spiro atoms. The molecule has 1 N–H and O–H groups in total. The van der Waals surface area contributed by atoms with Gasteiger partial charge in [-0.2, -0.15) is 0 Å². The van der Waals surface area contributed by atoms with Crippen LogP contribution in [-0.2, 0) is 9.59 Å². The van der Waals surface area contributed by atoms with Crippen molar-refractivity contribution < 1.29 is 14.7 Å². The number of hydrogen-bond donors (Lipinski definition) is 1. The predicted molar refractivity (Wildman–Crippen MR) is 83.1 cm³/mol. The maximum absolute atomic E-state index is 12.6. The number of aliphatic hydroxyl groups excluding tert-OH is 1. The van der Waals surface area contributed by atoms with Crippen LogP contribution in [0, 0.1) is 0 Å². The standard InChI is InChI=1S/C18H21NO3/c20-12-15-8-4-5-10-18(15)11-9-17(22)19(18)16(13-21)14-6-2-1-3-7-14/h1-3,6-8,12,16,21H,4-5,9-11,13H2/t16-,18+/m0/s1. The summed E-state index contributed by atoms with van der Waals surface area (Å²) in [5.41, 5.74) is 1.09. The van der Waals surface area contributed by atoms with E-state index in [0.29, 0.717) is 18.4 Å². The number of amides is 1. The normalized spacial score (nSPS) is 26.1. The van der Waals surface area contributed by atoms with E-state index in [4.69, 9.17) is 0 Å². The van der Waals surface area contributed by atoms with Crippen molar-refractivity contribution in [1.29, 1.82) is 0 Å². The number of carbonyl (C=O) groups excluding carboxylic acids is 2. The van der Waals surface area contributed by atoms with Gasteiger partial charge in [0.15, 0.2) is 0 Å². The largest absolute Gasteiger partial charge is 0.394 e. The zero-order chi connectivity index (χ0) is 15.6. The fourth-order valence-corrected chi connectivity index (χ4v) is 3.95. The molecule has 1 amide bonds. The van der Waals surface area contributed by atoms with Crippen LogP contribution in [0.25, 0.3) is 0 Å². The lowest BCUT2D eigenvalue weighted by molar-refractivity contribution is -0.135. The van der Waals surface area contributed by atoms with Crippen molar-refractivity contribution in [2.45, 2.75) is 43.7 Å². The molecule has 1 aromatic carbocycles. The minimum atomic E-state index is -0.527. The summed E-state index contributed by atoms with van der Waals surface area (Å²) in [7, 11) is 0. The van der Waals surface area contributed by atoms with Gasteiger partial charge in [-0.15, -0.1) is 0 Å². The Morgan fingerprint density at radius 1 is 1.27 bits per heavy atom. The summed E-state index contributed by atoms with van der Waals surface area (Å²) in [6.45, 7) is -0.135.